The molecule has 2 fully saturated rings. The lowest BCUT2D eigenvalue weighted by molar-refractivity contribution is 0.00578. The molecule has 0 unspecified atom stereocenters. The van der Waals surface area contributed by atoms with E-state index in [4.69, 9.17) is 19.2 Å². The molecule has 1 saturated heterocycles. The maximum atomic E-state index is 8.69. The van der Waals surface area contributed by atoms with Crippen LogP contribution in [0.1, 0.15) is 76.8 Å². The first kappa shape index (κ1) is 12.2. The van der Waals surface area contributed by atoms with Crippen molar-refractivity contribution in [1.82, 2.24) is 0 Å². The van der Waals surface area contributed by atoms with E-state index < -0.39 is 18.3 Å². The Morgan fingerprint density at radius 1 is 1.04 bits per heavy atom. The van der Waals surface area contributed by atoms with Gasteiger partial charge in [-0.25, -0.2) is 0 Å². The molecule has 3 nitrogen and oxygen atoms in total. The average molecular weight is 330 g/mol. The van der Waals surface area contributed by atoms with Gasteiger partial charge in [0.15, 0.2) is 0 Å². The van der Waals surface area contributed by atoms with Gasteiger partial charge in [-0.15, -0.1) is 0 Å². The minimum atomic E-state index is -0.859. The molecule has 1 saturated carbocycles. The van der Waals surface area contributed by atoms with Gasteiger partial charge in [0.25, 0.3) is 0 Å². The van der Waals surface area contributed by atoms with E-state index in [0.717, 1.165) is 25.7 Å². The van der Waals surface area contributed by atoms with E-state index in [0.29, 0.717) is 16.4 Å². The van der Waals surface area contributed by atoms with Gasteiger partial charge in [0.05, 0.1) is 21.6 Å². The summed E-state index contributed by atoms with van der Waals surface area (Å²) >= 11 is 0. The fraction of sp³-hybridized carbons (Fsp3) is 0.600. The molecule has 4 heteroatoms. The highest BCUT2D eigenvalue weighted by Crippen LogP contribution is 2.38. The Labute approximate surface area is 150 Å². The molecule has 0 amide bonds. The van der Waals surface area contributed by atoms with Crippen molar-refractivity contribution in [1.29, 1.82) is 0 Å². The van der Waals surface area contributed by atoms with E-state index in [-0.39, 0.29) is 35.9 Å². The summed E-state index contributed by atoms with van der Waals surface area (Å²) in [5.41, 5.74) is -0.0737. The lowest BCUT2D eigenvalue weighted by Gasteiger charge is -2.32. The summed E-state index contributed by atoms with van der Waals surface area (Å²) in [6.07, 6.45) is 5.04. The fourth-order valence-electron chi connectivity index (χ4n) is 3.55. The Morgan fingerprint density at radius 2 is 1.71 bits per heavy atom. The van der Waals surface area contributed by atoms with Crippen molar-refractivity contribution in [2.75, 3.05) is 0 Å². The van der Waals surface area contributed by atoms with Crippen LogP contribution in [0, 0.1) is 0 Å². The summed E-state index contributed by atoms with van der Waals surface area (Å²) in [5, 5.41) is 0.304. The zero-order chi connectivity index (χ0) is 20.4. The lowest BCUT2D eigenvalue weighted by atomic mass is 9.78. The predicted octanol–water partition coefficient (Wildman–Crippen LogP) is 4.78. The van der Waals surface area contributed by atoms with Gasteiger partial charge >= 0.3 is 7.12 Å². The maximum absolute atomic E-state index is 8.69. The molecule has 2 heterocycles. The normalized spacial score (nSPS) is 26.2. The lowest BCUT2D eigenvalue weighted by Crippen LogP contribution is -2.41. The molecule has 128 valence electrons. The molecule has 1 aromatic heterocycles. The van der Waals surface area contributed by atoms with E-state index in [1.165, 1.54) is 6.42 Å². The van der Waals surface area contributed by atoms with Gasteiger partial charge in [0.2, 0.25) is 0 Å². The smallest absolute Gasteiger partial charge is 0.465 e. The van der Waals surface area contributed by atoms with Crippen LogP contribution < -0.4 is 5.46 Å². The van der Waals surface area contributed by atoms with E-state index in [9.17, 15) is 0 Å². The van der Waals surface area contributed by atoms with Gasteiger partial charge in [0.1, 0.15) is 6.95 Å². The van der Waals surface area contributed by atoms with Crippen molar-refractivity contribution < 1.29 is 19.2 Å². The summed E-state index contributed by atoms with van der Waals surface area (Å²) < 4.78 is 52.1. The number of benzene rings is 1. The minimum absolute atomic E-state index is 0.00136. The van der Waals surface area contributed by atoms with Crippen molar-refractivity contribution in [2.45, 2.75) is 76.9 Å². The molecule has 4 rings (SSSR count). The van der Waals surface area contributed by atoms with E-state index in [1.54, 1.807) is 0 Å². The largest absolute Gasteiger partial charge is 0.498 e. The van der Waals surface area contributed by atoms with Crippen LogP contribution in [0.15, 0.2) is 28.8 Å². The number of hydrogen-bond acceptors (Lipinski definition) is 3. The molecule has 0 N–H and O–H groups in total. The Balaban J connectivity index is 1.88. The zero-order valence-electron chi connectivity index (χ0n) is 18.9. The first-order chi connectivity index (χ1) is 13.0. The minimum Gasteiger partial charge on any atom is -0.465 e. The van der Waals surface area contributed by atoms with E-state index >= 15 is 0 Å². The van der Waals surface area contributed by atoms with Gasteiger partial charge in [-0.1, -0.05) is 31.3 Å². The van der Waals surface area contributed by atoms with Crippen LogP contribution in [0.3, 0.4) is 0 Å². The van der Waals surface area contributed by atoms with Crippen LogP contribution in [-0.4, -0.2) is 18.3 Å². The monoisotopic (exact) mass is 330 g/mol. The topological polar surface area (TPSA) is 31.6 Å². The second-order valence-electron chi connectivity index (χ2n) is 8.03. The molecular weight excluding hydrogens is 299 g/mol. The molecule has 1 aromatic carbocycles. The standard InChI is InChI=1S/C20H27BO3/c1-19(2)20(3,4)24-21(23-19)17-13-22-18-12-15(10-11-16(17)18)14-8-6-5-7-9-14/h10-14H,5-9H2,1-4H3/i10D,11D,12D,13D. The first-order valence-electron chi connectivity index (χ1n) is 10.9. The van der Waals surface area contributed by atoms with Crippen LogP contribution in [0.5, 0.6) is 0 Å². The summed E-state index contributed by atoms with van der Waals surface area (Å²) in [7, 11) is -0.859. The third-order valence-corrected chi connectivity index (χ3v) is 5.83. The van der Waals surface area contributed by atoms with Crippen molar-refractivity contribution in [2.24, 2.45) is 0 Å². The summed E-state index contributed by atoms with van der Waals surface area (Å²) in [6, 6.07) is 0.209. The number of fused-ring (bicyclic) bond motifs is 1. The maximum Gasteiger partial charge on any atom is 0.498 e. The molecule has 0 atom stereocenters. The first-order valence-corrected chi connectivity index (χ1v) is 8.93. The SMILES string of the molecule is [2H]c1oc2c([2H])c(C3CCCCC3)c([2H])c([2H])c2c1B1OC(C)(C)C(C)(C)O1. The van der Waals surface area contributed by atoms with Crippen molar-refractivity contribution in [3.8, 4) is 0 Å². The summed E-state index contributed by atoms with van der Waals surface area (Å²) in [6.45, 7) is 7.70. The van der Waals surface area contributed by atoms with Crippen molar-refractivity contribution in [3.05, 3.63) is 29.9 Å². The molecule has 2 aromatic rings. The Bertz CT molecular complexity index is 916. The molecule has 0 bridgehead atoms. The quantitative estimate of drug-likeness (QED) is 0.743. The van der Waals surface area contributed by atoms with E-state index in [1.807, 2.05) is 27.7 Å². The Morgan fingerprint density at radius 3 is 2.38 bits per heavy atom. The van der Waals surface area contributed by atoms with Crippen molar-refractivity contribution in [3.63, 3.8) is 0 Å². The van der Waals surface area contributed by atoms with Crippen LogP contribution in [0.4, 0.5) is 0 Å². The molecule has 2 aliphatic rings. The van der Waals surface area contributed by atoms with Gasteiger partial charge in [-0.2, -0.15) is 0 Å². The van der Waals surface area contributed by atoms with E-state index in [2.05, 4.69) is 0 Å². The van der Waals surface area contributed by atoms with Crippen LogP contribution in [0.2, 0.25) is 0 Å². The third-order valence-electron chi connectivity index (χ3n) is 5.83. The zero-order valence-corrected chi connectivity index (χ0v) is 14.9. The average Bonchev–Trinajstić information content (AvgIpc) is 3.07. The van der Waals surface area contributed by atoms with Gasteiger partial charge in [0, 0.05) is 10.8 Å². The number of rotatable bonds is 2. The Hall–Kier alpha value is -1.26. The molecule has 0 spiro atoms. The second kappa shape index (κ2) is 5.64. The highest BCUT2D eigenvalue weighted by atomic mass is 16.7. The molecular formula is C20H27BO3. The van der Waals surface area contributed by atoms with Gasteiger partial charge in [-0.05, 0) is 58.1 Å². The van der Waals surface area contributed by atoms with Crippen LogP contribution >= 0.6 is 0 Å². The van der Waals surface area contributed by atoms with Crippen molar-refractivity contribution >= 4 is 23.6 Å². The van der Waals surface area contributed by atoms with Gasteiger partial charge in [-0.3, -0.25) is 0 Å². The summed E-state index contributed by atoms with van der Waals surface area (Å²) in [5.74, 6) is 0.113. The highest BCUT2D eigenvalue weighted by Gasteiger charge is 2.52. The molecule has 0 radical (unpaired) electrons. The number of furan rings is 1. The fourth-order valence-corrected chi connectivity index (χ4v) is 3.55. The molecule has 1 aliphatic carbocycles. The summed E-state index contributed by atoms with van der Waals surface area (Å²) in [4.78, 5) is 0. The predicted molar refractivity (Wildman–Crippen MR) is 97.8 cm³/mol. The third kappa shape index (κ3) is 2.60. The van der Waals surface area contributed by atoms with Crippen LogP contribution in [-0.2, 0) is 9.31 Å². The van der Waals surface area contributed by atoms with Crippen LogP contribution in [0.25, 0.3) is 11.0 Å². The molecule has 24 heavy (non-hydrogen) atoms. The molecule has 1 aliphatic heterocycles. The van der Waals surface area contributed by atoms with Gasteiger partial charge < -0.3 is 13.7 Å². The highest BCUT2D eigenvalue weighted by molar-refractivity contribution is 6.65. The Kier molecular flexibility index (Phi) is 2.85. The number of hydrogen-bond donors (Lipinski definition) is 0. The second-order valence-corrected chi connectivity index (χ2v) is 8.03.